The molecule has 0 radical (unpaired) electrons. The lowest BCUT2D eigenvalue weighted by molar-refractivity contribution is 0.102. The van der Waals surface area contributed by atoms with Crippen molar-refractivity contribution < 1.29 is 9.32 Å². The molecule has 0 saturated heterocycles. The molecule has 164 valence electrons. The van der Waals surface area contributed by atoms with Crippen LogP contribution >= 0.6 is 35.1 Å². The summed E-state index contributed by atoms with van der Waals surface area (Å²) in [6.45, 7) is 3.80. The largest absolute Gasteiger partial charge is 0.361 e. The number of nitrogens with one attached hydrogen (secondary N) is 2. The molecular formula is C22H20ClN5O2S2. The number of H-pyrrole nitrogens is 1. The van der Waals surface area contributed by atoms with E-state index in [2.05, 4.69) is 25.7 Å². The lowest BCUT2D eigenvalue weighted by Crippen LogP contribution is -2.14. The first-order valence-corrected chi connectivity index (χ1v) is 12.1. The molecule has 2 aromatic carbocycles. The van der Waals surface area contributed by atoms with E-state index in [1.165, 1.54) is 11.8 Å². The van der Waals surface area contributed by atoms with Crippen LogP contribution in [0, 0.1) is 13.8 Å². The summed E-state index contributed by atoms with van der Waals surface area (Å²) in [5.41, 5.74) is 3.58. The van der Waals surface area contributed by atoms with Gasteiger partial charge in [-0.1, -0.05) is 52.8 Å². The van der Waals surface area contributed by atoms with Crippen LogP contribution in [-0.4, -0.2) is 26.2 Å². The quantitative estimate of drug-likeness (QED) is 0.300. The van der Waals surface area contributed by atoms with Crippen LogP contribution in [-0.2, 0) is 11.5 Å². The fraction of sp³-hybridized carbons (Fsp3) is 0.182. The van der Waals surface area contributed by atoms with Crippen molar-refractivity contribution in [2.45, 2.75) is 35.4 Å². The van der Waals surface area contributed by atoms with E-state index in [1.54, 1.807) is 17.8 Å². The zero-order valence-electron chi connectivity index (χ0n) is 17.4. The second kappa shape index (κ2) is 10.2. The van der Waals surface area contributed by atoms with Gasteiger partial charge in [-0.2, -0.15) is 4.98 Å². The molecule has 4 aromatic rings. The van der Waals surface area contributed by atoms with Crippen molar-refractivity contribution in [2.24, 2.45) is 0 Å². The highest BCUT2D eigenvalue weighted by Gasteiger charge is 2.16. The van der Waals surface area contributed by atoms with Crippen molar-refractivity contribution in [1.82, 2.24) is 20.3 Å². The first-order valence-electron chi connectivity index (χ1n) is 9.74. The molecule has 0 saturated carbocycles. The maximum atomic E-state index is 12.9. The van der Waals surface area contributed by atoms with Gasteiger partial charge in [-0.15, -0.1) is 16.9 Å². The second-order valence-electron chi connectivity index (χ2n) is 6.92. The zero-order chi connectivity index (χ0) is 22.5. The molecule has 0 bridgehead atoms. The SMILES string of the molecule is Cc1noc(C)c1CSc1ccccc1C(=O)Nc1nc(SCc2ccc(Cl)cc2)n[nH]1. The molecule has 4 rings (SSSR count). The molecular weight excluding hydrogens is 466 g/mol. The van der Waals surface area contributed by atoms with E-state index >= 15 is 0 Å². The number of carbonyl (C=O) groups is 1. The minimum absolute atomic E-state index is 0.253. The van der Waals surface area contributed by atoms with Crippen molar-refractivity contribution in [1.29, 1.82) is 0 Å². The number of amides is 1. The van der Waals surface area contributed by atoms with Crippen LogP contribution in [0.2, 0.25) is 5.02 Å². The summed E-state index contributed by atoms with van der Waals surface area (Å²) in [4.78, 5) is 18.1. The molecule has 0 aliphatic heterocycles. The monoisotopic (exact) mass is 485 g/mol. The molecule has 0 atom stereocenters. The minimum atomic E-state index is -0.253. The smallest absolute Gasteiger partial charge is 0.259 e. The zero-order valence-corrected chi connectivity index (χ0v) is 19.8. The highest BCUT2D eigenvalue weighted by atomic mass is 35.5. The van der Waals surface area contributed by atoms with E-state index in [9.17, 15) is 4.79 Å². The van der Waals surface area contributed by atoms with Crippen LogP contribution in [0.15, 0.2) is 63.1 Å². The number of aromatic amines is 1. The van der Waals surface area contributed by atoms with Crippen LogP contribution in [0.1, 0.15) is 32.9 Å². The molecule has 2 heterocycles. The summed E-state index contributed by atoms with van der Waals surface area (Å²) in [6, 6.07) is 15.1. The molecule has 1 amide bonds. The summed E-state index contributed by atoms with van der Waals surface area (Å²) < 4.78 is 5.23. The number of hydrogen-bond donors (Lipinski definition) is 2. The normalized spacial score (nSPS) is 11.0. The van der Waals surface area contributed by atoms with Crippen molar-refractivity contribution in [3.8, 4) is 0 Å². The Kier molecular flexibility index (Phi) is 7.19. The topological polar surface area (TPSA) is 96.7 Å². The third-order valence-electron chi connectivity index (χ3n) is 4.66. The first-order chi connectivity index (χ1) is 15.5. The van der Waals surface area contributed by atoms with E-state index in [0.717, 1.165) is 27.5 Å². The number of carbonyl (C=O) groups excluding carboxylic acids is 1. The van der Waals surface area contributed by atoms with Crippen molar-refractivity contribution in [3.63, 3.8) is 0 Å². The summed E-state index contributed by atoms with van der Waals surface area (Å²) in [5, 5.41) is 15.0. The number of anilines is 1. The summed E-state index contributed by atoms with van der Waals surface area (Å²) >= 11 is 8.95. The van der Waals surface area contributed by atoms with E-state index in [0.29, 0.717) is 33.2 Å². The lowest BCUT2D eigenvalue weighted by Gasteiger charge is -2.08. The molecule has 0 unspecified atom stereocenters. The van der Waals surface area contributed by atoms with Gasteiger partial charge in [-0.3, -0.25) is 10.1 Å². The van der Waals surface area contributed by atoms with Gasteiger partial charge in [0.25, 0.3) is 5.91 Å². The molecule has 0 fully saturated rings. The maximum Gasteiger partial charge on any atom is 0.259 e. The highest BCUT2D eigenvalue weighted by molar-refractivity contribution is 7.98. The average molecular weight is 486 g/mol. The summed E-state index contributed by atoms with van der Waals surface area (Å²) in [7, 11) is 0. The Morgan fingerprint density at radius 2 is 1.88 bits per heavy atom. The Bertz CT molecular complexity index is 1200. The Labute approximate surface area is 198 Å². The Balaban J connectivity index is 1.38. The number of aryl methyl sites for hydroxylation is 2. The van der Waals surface area contributed by atoms with Gasteiger partial charge in [0.15, 0.2) is 0 Å². The number of benzene rings is 2. The number of rotatable bonds is 8. The molecule has 32 heavy (non-hydrogen) atoms. The molecule has 0 aliphatic rings. The molecule has 10 heteroatoms. The van der Waals surface area contributed by atoms with Crippen LogP contribution in [0.5, 0.6) is 0 Å². The number of halogens is 1. The van der Waals surface area contributed by atoms with Gasteiger partial charge in [0.1, 0.15) is 5.76 Å². The Morgan fingerprint density at radius 3 is 2.62 bits per heavy atom. The lowest BCUT2D eigenvalue weighted by atomic mass is 10.2. The van der Waals surface area contributed by atoms with Crippen LogP contribution < -0.4 is 5.32 Å². The van der Waals surface area contributed by atoms with Gasteiger partial charge in [0.05, 0.1) is 11.3 Å². The minimum Gasteiger partial charge on any atom is -0.361 e. The fourth-order valence-corrected chi connectivity index (χ4v) is 4.99. The van der Waals surface area contributed by atoms with Gasteiger partial charge in [0.2, 0.25) is 11.1 Å². The molecule has 7 nitrogen and oxygen atoms in total. The average Bonchev–Trinajstić information content (AvgIpc) is 3.37. The highest BCUT2D eigenvalue weighted by Crippen LogP contribution is 2.29. The molecule has 2 N–H and O–H groups in total. The predicted octanol–water partition coefficient (Wildman–Crippen LogP) is 5.90. The molecule has 0 aliphatic carbocycles. The van der Waals surface area contributed by atoms with Crippen LogP contribution in [0.4, 0.5) is 5.95 Å². The molecule has 2 aromatic heterocycles. The van der Waals surface area contributed by atoms with Crippen molar-refractivity contribution >= 4 is 47.0 Å². The van der Waals surface area contributed by atoms with Crippen LogP contribution in [0.3, 0.4) is 0 Å². The van der Waals surface area contributed by atoms with Gasteiger partial charge >= 0.3 is 0 Å². The first kappa shape index (κ1) is 22.4. The Morgan fingerprint density at radius 1 is 1.09 bits per heavy atom. The van der Waals surface area contributed by atoms with Gasteiger partial charge in [-0.05, 0) is 43.7 Å². The predicted molar refractivity (Wildman–Crippen MR) is 127 cm³/mol. The standard InChI is InChI=1S/C22H20ClN5O2S2/c1-13-18(14(2)30-28-13)12-31-19-6-4-3-5-17(19)20(29)24-21-25-22(27-26-21)32-11-15-7-9-16(23)10-8-15/h3-10H,11-12H2,1-2H3,(H2,24,25,26,27,29). The van der Waals surface area contributed by atoms with E-state index < -0.39 is 0 Å². The van der Waals surface area contributed by atoms with Gasteiger partial charge < -0.3 is 4.52 Å². The van der Waals surface area contributed by atoms with Crippen molar-refractivity contribution in [2.75, 3.05) is 5.32 Å². The number of thioether (sulfide) groups is 2. The number of nitrogens with zero attached hydrogens (tertiary/aromatic N) is 3. The third kappa shape index (κ3) is 5.53. The molecule has 0 spiro atoms. The van der Waals surface area contributed by atoms with E-state index in [4.69, 9.17) is 16.1 Å². The third-order valence-corrected chi connectivity index (χ3v) is 6.93. The second-order valence-corrected chi connectivity index (χ2v) is 9.32. The van der Waals surface area contributed by atoms with Crippen molar-refractivity contribution in [3.05, 3.63) is 81.7 Å². The maximum absolute atomic E-state index is 12.9. The Hall–Kier alpha value is -2.75. The summed E-state index contributed by atoms with van der Waals surface area (Å²) in [5.74, 6) is 2.21. The number of hydrogen-bond acceptors (Lipinski definition) is 7. The summed E-state index contributed by atoms with van der Waals surface area (Å²) in [6.07, 6.45) is 0. The fourth-order valence-electron chi connectivity index (χ4n) is 2.91. The van der Waals surface area contributed by atoms with Gasteiger partial charge in [0, 0.05) is 27.0 Å². The van der Waals surface area contributed by atoms with Crippen LogP contribution in [0.25, 0.3) is 0 Å². The van der Waals surface area contributed by atoms with E-state index in [-0.39, 0.29) is 5.91 Å². The van der Waals surface area contributed by atoms with E-state index in [1.807, 2.05) is 56.3 Å². The van der Waals surface area contributed by atoms with Gasteiger partial charge in [-0.25, -0.2) is 5.10 Å². The number of aromatic nitrogens is 4.